The number of hydrogen-bond donors (Lipinski definition) is 1. The molecule has 0 saturated carbocycles. The fourth-order valence-electron chi connectivity index (χ4n) is 1.01. The van der Waals surface area contributed by atoms with Crippen molar-refractivity contribution >= 4 is 11.5 Å². The summed E-state index contributed by atoms with van der Waals surface area (Å²) in [5.41, 5.74) is 1.32. The molecule has 0 atom stereocenters. The Balaban J connectivity index is 2.99. The van der Waals surface area contributed by atoms with Crippen LogP contribution in [0.15, 0.2) is 30.3 Å². The maximum Gasteiger partial charge on any atom is 0.156 e. The molecule has 0 aliphatic rings. The first-order chi connectivity index (χ1) is 6.63. The first kappa shape index (κ1) is 10.1. The summed E-state index contributed by atoms with van der Waals surface area (Å²) < 4.78 is 0. The molecule has 0 spiro atoms. The molecule has 2 nitrogen and oxygen atoms in total. The fraction of sp³-hybridized carbons (Fsp3) is 0.0833. The van der Waals surface area contributed by atoms with E-state index in [2.05, 4.69) is 5.92 Å². The molecule has 0 unspecified atom stereocenters. The van der Waals surface area contributed by atoms with Gasteiger partial charge in [-0.15, -0.1) is 6.42 Å². The summed E-state index contributed by atoms with van der Waals surface area (Å²) in [7, 11) is 0. The summed E-state index contributed by atoms with van der Waals surface area (Å²) in [5.74, 6) is 2.23. The van der Waals surface area contributed by atoms with Crippen LogP contribution in [0.4, 0.5) is 0 Å². The van der Waals surface area contributed by atoms with E-state index in [1.165, 1.54) is 13.0 Å². The van der Waals surface area contributed by atoms with Crippen LogP contribution in [0, 0.1) is 12.3 Å². The third-order valence-electron chi connectivity index (χ3n) is 1.69. The minimum absolute atomic E-state index is 0.0407. The van der Waals surface area contributed by atoms with Crippen molar-refractivity contribution in [1.82, 2.24) is 0 Å². The lowest BCUT2D eigenvalue weighted by Crippen LogP contribution is -1.88. The molecule has 70 valence electrons. The van der Waals surface area contributed by atoms with Crippen LogP contribution in [0.25, 0.3) is 5.76 Å². The van der Waals surface area contributed by atoms with E-state index in [9.17, 15) is 9.90 Å². The van der Waals surface area contributed by atoms with Crippen LogP contribution < -0.4 is 0 Å². The molecule has 0 bridgehead atoms. The number of benzene rings is 1. The maximum absolute atomic E-state index is 10.7. The number of carbonyl (C=O) groups excluding carboxylic acids is 1. The van der Waals surface area contributed by atoms with Gasteiger partial charge >= 0.3 is 0 Å². The van der Waals surface area contributed by atoms with Crippen LogP contribution in [0.1, 0.15) is 18.1 Å². The monoisotopic (exact) mass is 186 g/mol. The lowest BCUT2D eigenvalue weighted by molar-refractivity contribution is -0.112. The first-order valence-electron chi connectivity index (χ1n) is 4.12. The largest absolute Gasteiger partial charge is 0.507 e. The maximum atomic E-state index is 10.7. The molecule has 0 fully saturated rings. The highest BCUT2D eigenvalue weighted by Gasteiger charge is 1.99. The third-order valence-corrected chi connectivity index (χ3v) is 1.69. The van der Waals surface area contributed by atoms with Gasteiger partial charge in [-0.25, -0.2) is 0 Å². The van der Waals surface area contributed by atoms with Crippen molar-refractivity contribution in [2.24, 2.45) is 0 Å². The average molecular weight is 186 g/mol. The summed E-state index contributed by atoms with van der Waals surface area (Å²) in [6, 6.07) is 6.76. The van der Waals surface area contributed by atoms with Crippen molar-refractivity contribution in [3.05, 3.63) is 41.5 Å². The normalized spacial score (nSPS) is 10.7. The van der Waals surface area contributed by atoms with Crippen molar-refractivity contribution in [3.63, 3.8) is 0 Å². The predicted molar refractivity (Wildman–Crippen MR) is 55.7 cm³/mol. The Morgan fingerprint density at radius 3 is 2.43 bits per heavy atom. The van der Waals surface area contributed by atoms with Crippen molar-refractivity contribution in [3.8, 4) is 12.3 Å². The van der Waals surface area contributed by atoms with E-state index in [1.807, 2.05) is 0 Å². The van der Waals surface area contributed by atoms with Gasteiger partial charge in [-0.3, -0.25) is 4.79 Å². The standard InChI is InChI=1S/C12H10O2/c1-3-10-4-6-11(7-5-10)12(14)8-9(2)13/h1,4-8,14H,2H3/b12-8-. The quantitative estimate of drug-likeness (QED) is 0.436. The number of terminal acetylenes is 1. The molecule has 14 heavy (non-hydrogen) atoms. The Bertz CT molecular complexity index is 405. The molecule has 0 aliphatic carbocycles. The second-order valence-electron chi connectivity index (χ2n) is 2.86. The van der Waals surface area contributed by atoms with E-state index < -0.39 is 0 Å². The zero-order valence-corrected chi connectivity index (χ0v) is 7.82. The van der Waals surface area contributed by atoms with E-state index in [0.29, 0.717) is 5.56 Å². The Morgan fingerprint density at radius 1 is 1.43 bits per heavy atom. The summed E-state index contributed by atoms with van der Waals surface area (Å²) in [4.78, 5) is 10.7. The zero-order valence-electron chi connectivity index (χ0n) is 7.82. The second-order valence-corrected chi connectivity index (χ2v) is 2.86. The van der Waals surface area contributed by atoms with E-state index in [-0.39, 0.29) is 11.5 Å². The van der Waals surface area contributed by atoms with Crippen molar-refractivity contribution < 1.29 is 9.90 Å². The molecule has 0 aromatic heterocycles. The molecule has 0 saturated heterocycles. The topological polar surface area (TPSA) is 37.3 Å². The van der Waals surface area contributed by atoms with Crippen LogP contribution in [0.5, 0.6) is 0 Å². The fourth-order valence-corrected chi connectivity index (χ4v) is 1.01. The molecular weight excluding hydrogens is 176 g/mol. The molecule has 2 heteroatoms. The third kappa shape index (κ3) is 2.49. The van der Waals surface area contributed by atoms with E-state index in [4.69, 9.17) is 6.42 Å². The highest BCUT2D eigenvalue weighted by Crippen LogP contribution is 2.11. The van der Waals surface area contributed by atoms with E-state index in [1.54, 1.807) is 24.3 Å². The number of carbonyl (C=O) groups is 1. The predicted octanol–water partition coefficient (Wildman–Crippen LogP) is 2.16. The Hall–Kier alpha value is -2.01. The summed E-state index contributed by atoms with van der Waals surface area (Å²) in [6.45, 7) is 1.38. The summed E-state index contributed by atoms with van der Waals surface area (Å²) in [5, 5.41) is 9.44. The van der Waals surface area contributed by atoms with Crippen LogP contribution >= 0.6 is 0 Å². The molecule has 0 heterocycles. The molecule has 1 N–H and O–H groups in total. The molecule has 0 radical (unpaired) electrons. The van der Waals surface area contributed by atoms with Crippen LogP contribution in [0.2, 0.25) is 0 Å². The van der Waals surface area contributed by atoms with Gasteiger partial charge in [0.25, 0.3) is 0 Å². The highest BCUT2D eigenvalue weighted by molar-refractivity contribution is 5.93. The number of hydrogen-bond acceptors (Lipinski definition) is 2. The minimum Gasteiger partial charge on any atom is -0.507 e. The Labute approximate surface area is 82.9 Å². The van der Waals surface area contributed by atoms with Crippen LogP contribution in [-0.4, -0.2) is 10.9 Å². The molecular formula is C12H10O2. The van der Waals surface area contributed by atoms with Crippen LogP contribution in [-0.2, 0) is 4.79 Å². The summed E-state index contributed by atoms with van der Waals surface area (Å²) in [6.07, 6.45) is 6.35. The van der Waals surface area contributed by atoms with Gasteiger partial charge in [-0.1, -0.05) is 18.1 Å². The number of allylic oxidation sites excluding steroid dienone is 1. The lowest BCUT2D eigenvalue weighted by atomic mass is 10.1. The Kier molecular flexibility index (Phi) is 3.09. The Morgan fingerprint density at radius 2 is 2.00 bits per heavy atom. The van der Waals surface area contributed by atoms with Crippen molar-refractivity contribution in [1.29, 1.82) is 0 Å². The highest BCUT2D eigenvalue weighted by atomic mass is 16.3. The molecule has 1 aromatic carbocycles. The zero-order chi connectivity index (χ0) is 10.6. The van der Waals surface area contributed by atoms with Gasteiger partial charge in [0, 0.05) is 17.2 Å². The van der Waals surface area contributed by atoms with Crippen molar-refractivity contribution in [2.45, 2.75) is 6.92 Å². The number of rotatable bonds is 2. The first-order valence-corrected chi connectivity index (χ1v) is 4.12. The lowest BCUT2D eigenvalue weighted by Gasteiger charge is -1.99. The molecule has 0 aliphatic heterocycles. The SMILES string of the molecule is C#Cc1ccc(/C(O)=C/C(C)=O)cc1. The summed E-state index contributed by atoms with van der Waals surface area (Å²) >= 11 is 0. The van der Waals surface area contributed by atoms with Gasteiger partial charge in [-0.05, 0) is 19.1 Å². The van der Waals surface area contributed by atoms with Gasteiger partial charge in [0.1, 0.15) is 5.76 Å². The van der Waals surface area contributed by atoms with Crippen LogP contribution in [0.3, 0.4) is 0 Å². The van der Waals surface area contributed by atoms with Gasteiger partial charge in [-0.2, -0.15) is 0 Å². The number of ketones is 1. The molecule has 0 amide bonds. The van der Waals surface area contributed by atoms with E-state index >= 15 is 0 Å². The second kappa shape index (κ2) is 4.29. The van der Waals surface area contributed by atoms with Gasteiger partial charge in [0.15, 0.2) is 5.78 Å². The van der Waals surface area contributed by atoms with Gasteiger partial charge in [0.2, 0.25) is 0 Å². The molecule has 1 aromatic rings. The number of aliphatic hydroxyl groups is 1. The molecule has 1 rings (SSSR count). The number of aliphatic hydroxyl groups excluding tert-OH is 1. The van der Waals surface area contributed by atoms with Gasteiger partial charge < -0.3 is 5.11 Å². The van der Waals surface area contributed by atoms with Gasteiger partial charge in [0.05, 0.1) is 0 Å². The van der Waals surface area contributed by atoms with Crippen molar-refractivity contribution in [2.75, 3.05) is 0 Å². The minimum atomic E-state index is -0.191. The van der Waals surface area contributed by atoms with E-state index in [0.717, 1.165) is 5.56 Å². The smallest absolute Gasteiger partial charge is 0.156 e. The average Bonchev–Trinajstić information content (AvgIpc) is 2.17.